The topological polar surface area (TPSA) is 34.1 Å². The molecule has 0 radical (unpaired) electrons. The molecule has 0 amide bonds. The zero-order valence-electron chi connectivity index (χ0n) is 9.78. The average Bonchev–Trinajstić information content (AvgIpc) is 2.38. The van der Waals surface area contributed by atoms with Crippen LogP contribution in [0.2, 0.25) is 0 Å². The molecule has 0 bridgehead atoms. The van der Waals surface area contributed by atoms with Gasteiger partial charge in [-0.3, -0.25) is 4.98 Å². The molecule has 5 heteroatoms. The standard InChI is InChI=1S/C13H12Br2N2O/c1-18-11-4-2-3-10(6-11)16-8-13-12(15)5-9(14)7-17-13/h2-7,16H,8H2,1H3. The minimum absolute atomic E-state index is 0.654. The minimum atomic E-state index is 0.654. The van der Waals surface area contributed by atoms with E-state index >= 15 is 0 Å². The van der Waals surface area contributed by atoms with Gasteiger partial charge in [-0.25, -0.2) is 0 Å². The smallest absolute Gasteiger partial charge is 0.120 e. The monoisotopic (exact) mass is 370 g/mol. The number of anilines is 1. The molecule has 94 valence electrons. The average molecular weight is 372 g/mol. The van der Waals surface area contributed by atoms with Crippen LogP contribution in [0.1, 0.15) is 5.69 Å². The Hall–Kier alpha value is -1.07. The Labute approximate surface area is 123 Å². The van der Waals surface area contributed by atoms with Crippen molar-refractivity contribution in [1.29, 1.82) is 0 Å². The van der Waals surface area contributed by atoms with E-state index in [0.717, 1.165) is 26.1 Å². The molecule has 1 aromatic heterocycles. The summed E-state index contributed by atoms with van der Waals surface area (Å²) in [6.07, 6.45) is 1.79. The largest absolute Gasteiger partial charge is 0.497 e. The molecule has 3 nitrogen and oxygen atoms in total. The number of nitrogens with one attached hydrogen (secondary N) is 1. The number of pyridine rings is 1. The maximum Gasteiger partial charge on any atom is 0.120 e. The molecule has 1 aromatic carbocycles. The van der Waals surface area contributed by atoms with Gasteiger partial charge in [-0.15, -0.1) is 0 Å². The normalized spacial score (nSPS) is 10.2. The highest BCUT2D eigenvalue weighted by molar-refractivity contribution is 9.11. The Morgan fingerprint density at radius 1 is 1.28 bits per heavy atom. The molecular weight excluding hydrogens is 360 g/mol. The van der Waals surface area contributed by atoms with E-state index in [9.17, 15) is 0 Å². The highest BCUT2D eigenvalue weighted by Gasteiger charge is 2.02. The first-order valence-corrected chi connectivity index (χ1v) is 6.95. The van der Waals surface area contributed by atoms with Gasteiger partial charge in [0.05, 0.1) is 19.3 Å². The van der Waals surface area contributed by atoms with Gasteiger partial charge in [-0.05, 0) is 50.1 Å². The highest BCUT2D eigenvalue weighted by atomic mass is 79.9. The van der Waals surface area contributed by atoms with Gasteiger partial charge in [-0.2, -0.15) is 0 Å². The van der Waals surface area contributed by atoms with E-state index in [0.29, 0.717) is 6.54 Å². The predicted octanol–water partition coefficient (Wildman–Crippen LogP) is 4.23. The molecule has 0 aliphatic carbocycles. The molecule has 0 unspecified atom stereocenters. The first kappa shape index (κ1) is 13.4. The van der Waals surface area contributed by atoms with Crippen LogP contribution in [0.3, 0.4) is 0 Å². The number of hydrogen-bond acceptors (Lipinski definition) is 3. The van der Waals surface area contributed by atoms with Crippen LogP contribution in [-0.2, 0) is 6.54 Å². The van der Waals surface area contributed by atoms with Crippen LogP contribution in [-0.4, -0.2) is 12.1 Å². The number of aromatic nitrogens is 1. The summed E-state index contributed by atoms with van der Waals surface area (Å²) < 4.78 is 7.11. The predicted molar refractivity (Wildman–Crippen MR) is 80.0 cm³/mol. The fraction of sp³-hybridized carbons (Fsp3) is 0.154. The molecule has 0 saturated carbocycles. The van der Waals surface area contributed by atoms with E-state index in [1.165, 1.54) is 0 Å². The summed E-state index contributed by atoms with van der Waals surface area (Å²) in [6, 6.07) is 9.79. The zero-order chi connectivity index (χ0) is 13.0. The summed E-state index contributed by atoms with van der Waals surface area (Å²) in [4.78, 5) is 4.35. The van der Waals surface area contributed by atoms with Gasteiger partial charge in [0.25, 0.3) is 0 Å². The second kappa shape index (κ2) is 6.20. The van der Waals surface area contributed by atoms with Gasteiger partial charge < -0.3 is 10.1 Å². The number of ether oxygens (including phenoxy) is 1. The van der Waals surface area contributed by atoms with E-state index in [-0.39, 0.29) is 0 Å². The number of rotatable bonds is 4. The van der Waals surface area contributed by atoms with Crippen LogP contribution in [0.5, 0.6) is 5.75 Å². The van der Waals surface area contributed by atoms with Gasteiger partial charge in [0.2, 0.25) is 0 Å². The lowest BCUT2D eigenvalue weighted by atomic mass is 10.3. The van der Waals surface area contributed by atoms with Crippen LogP contribution in [0.25, 0.3) is 0 Å². The Morgan fingerprint density at radius 3 is 2.83 bits per heavy atom. The van der Waals surface area contributed by atoms with Crippen molar-refractivity contribution in [3.05, 3.63) is 51.2 Å². The number of benzene rings is 1. The third-order valence-corrected chi connectivity index (χ3v) is 3.53. The van der Waals surface area contributed by atoms with Gasteiger partial charge >= 0.3 is 0 Å². The van der Waals surface area contributed by atoms with E-state index < -0.39 is 0 Å². The van der Waals surface area contributed by atoms with Crippen molar-refractivity contribution >= 4 is 37.5 Å². The maximum absolute atomic E-state index is 5.18. The summed E-state index contributed by atoms with van der Waals surface area (Å²) in [5.41, 5.74) is 1.96. The first-order chi connectivity index (χ1) is 8.69. The molecule has 0 aliphatic heterocycles. The molecule has 18 heavy (non-hydrogen) atoms. The first-order valence-electron chi connectivity index (χ1n) is 5.37. The SMILES string of the molecule is COc1cccc(NCc2ncc(Br)cc2Br)c1. The maximum atomic E-state index is 5.18. The summed E-state index contributed by atoms with van der Waals surface area (Å²) in [7, 11) is 1.66. The molecule has 0 saturated heterocycles. The van der Waals surface area contributed by atoms with Crippen molar-refractivity contribution in [2.24, 2.45) is 0 Å². The number of methoxy groups -OCH3 is 1. The zero-order valence-corrected chi connectivity index (χ0v) is 13.0. The second-order valence-electron chi connectivity index (χ2n) is 3.67. The Kier molecular flexibility index (Phi) is 4.60. The van der Waals surface area contributed by atoms with Crippen molar-refractivity contribution in [3.63, 3.8) is 0 Å². The van der Waals surface area contributed by atoms with Crippen LogP contribution in [0.4, 0.5) is 5.69 Å². The molecule has 1 heterocycles. The van der Waals surface area contributed by atoms with E-state index in [4.69, 9.17) is 4.74 Å². The fourth-order valence-corrected chi connectivity index (χ4v) is 2.62. The van der Waals surface area contributed by atoms with Crippen LogP contribution in [0.15, 0.2) is 45.5 Å². The Morgan fingerprint density at radius 2 is 2.11 bits per heavy atom. The van der Waals surface area contributed by atoms with E-state index in [1.54, 1.807) is 13.3 Å². The second-order valence-corrected chi connectivity index (χ2v) is 5.44. The van der Waals surface area contributed by atoms with Crippen LogP contribution in [0, 0.1) is 0 Å². The third-order valence-electron chi connectivity index (χ3n) is 2.41. The van der Waals surface area contributed by atoms with Gasteiger partial charge in [0, 0.05) is 26.9 Å². The quantitative estimate of drug-likeness (QED) is 0.873. The highest BCUT2D eigenvalue weighted by Crippen LogP contribution is 2.21. The van der Waals surface area contributed by atoms with E-state index in [2.05, 4.69) is 42.2 Å². The molecule has 0 spiro atoms. The van der Waals surface area contributed by atoms with Crippen molar-refractivity contribution in [3.8, 4) is 5.75 Å². The summed E-state index contributed by atoms with van der Waals surface area (Å²) >= 11 is 6.87. The summed E-state index contributed by atoms with van der Waals surface area (Å²) in [5.74, 6) is 0.836. The lowest BCUT2D eigenvalue weighted by Crippen LogP contribution is -2.02. The number of halogens is 2. The fourth-order valence-electron chi connectivity index (χ4n) is 1.49. The van der Waals surface area contributed by atoms with Gasteiger partial charge in [0.15, 0.2) is 0 Å². The molecule has 0 aliphatic rings. The third kappa shape index (κ3) is 3.46. The molecule has 1 N–H and O–H groups in total. The molecule has 2 aromatic rings. The lowest BCUT2D eigenvalue weighted by Gasteiger charge is -2.09. The van der Waals surface area contributed by atoms with E-state index in [1.807, 2.05) is 30.3 Å². The van der Waals surface area contributed by atoms with Crippen LogP contribution >= 0.6 is 31.9 Å². The van der Waals surface area contributed by atoms with Gasteiger partial charge in [-0.1, -0.05) is 6.07 Å². The molecular formula is C13H12Br2N2O. The number of hydrogen-bond donors (Lipinski definition) is 1. The molecule has 0 fully saturated rings. The van der Waals surface area contributed by atoms with Gasteiger partial charge in [0.1, 0.15) is 5.75 Å². The van der Waals surface area contributed by atoms with Crippen molar-refractivity contribution in [1.82, 2.24) is 4.98 Å². The van der Waals surface area contributed by atoms with Crippen LogP contribution < -0.4 is 10.1 Å². The molecule has 2 rings (SSSR count). The molecule has 0 atom stereocenters. The lowest BCUT2D eigenvalue weighted by molar-refractivity contribution is 0.415. The minimum Gasteiger partial charge on any atom is -0.497 e. The van der Waals surface area contributed by atoms with Crippen molar-refractivity contribution in [2.45, 2.75) is 6.54 Å². The van der Waals surface area contributed by atoms with Crippen molar-refractivity contribution in [2.75, 3.05) is 12.4 Å². The summed E-state index contributed by atoms with van der Waals surface area (Å²) in [5, 5.41) is 3.31. The Bertz CT molecular complexity index is 546. The summed E-state index contributed by atoms with van der Waals surface area (Å²) in [6.45, 7) is 0.654. The Balaban J connectivity index is 2.06. The van der Waals surface area contributed by atoms with Crippen molar-refractivity contribution < 1.29 is 4.74 Å². The number of nitrogens with zero attached hydrogens (tertiary/aromatic N) is 1.